The van der Waals surface area contributed by atoms with Crippen LogP contribution in [0.1, 0.15) is 45.2 Å². The maximum absolute atomic E-state index is 12.5. The number of aromatic nitrogens is 1. The molecule has 6 nitrogen and oxygen atoms in total. The van der Waals surface area contributed by atoms with Crippen molar-refractivity contribution >= 4 is 24.3 Å². The third-order valence-electron chi connectivity index (χ3n) is 5.29. The fourth-order valence-corrected chi connectivity index (χ4v) is 3.78. The van der Waals surface area contributed by atoms with E-state index in [1.54, 1.807) is 18.5 Å². The maximum Gasteiger partial charge on any atom is 0.339 e. The van der Waals surface area contributed by atoms with Crippen molar-refractivity contribution in [1.29, 1.82) is 0 Å². The lowest BCUT2D eigenvalue weighted by atomic mass is 10.0. The molecule has 1 atom stereocenters. The summed E-state index contributed by atoms with van der Waals surface area (Å²) < 4.78 is 5.50. The van der Waals surface area contributed by atoms with Gasteiger partial charge in [-0.2, -0.15) is 0 Å². The fourth-order valence-electron chi connectivity index (χ4n) is 3.78. The molecule has 1 aromatic carbocycles. The molecular weight excluding hydrogens is 378 g/mol. The normalized spacial score (nSPS) is 18.9. The zero-order valence-corrected chi connectivity index (χ0v) is 16.4. The Hall–Kier alpha value is -2.44. The van der Waals surface area contributed by atoms with Gasteiger partial charge in [-0.15, -0.1) is 12.4 Å². The highest BCUT2D eigenvalue weighted by Gasteiger charge is 2.30. The second kappa shape index (κ2) is 9.17. The number of hydrogen-bond donors (Lipinski definition) is 0. The summed E-state index contributed by atoms with van der Waals surface area (Å²) in [6, 6.07) is 11.2. The van der Waals surface area contributed by atoms with E-state index >= 15 is 0 Å². The first-order valence-corrected chi connectivity index (χ1v) is 9.44. The molecule has 0 aliphatic carbocycles. The van der Waals surface area contributed by atoms with Gasteiger partial charge >= 0.3 is 5.97 Å². The van der Waals surface area contributed by atoms with Crippen molar-refractivity contribution in [2.24, 2.45) is 0 Å². The van der Waals surface area contributed by atoms with Gasteiger partial charge in [0.25, 0.3) is 5.91 Å². The van der Waals surface area contributed by atoms with E-state index in [9.17, 15) is 9.59 Å². The molecule has 4 rings (SSSR count). The summed E-state index contributed by atoms with van der Waals surface area (Å²) in [5, 5.41) is 0. The SMILES string of the molecule is Cl.O=C1OC(CCCN2CCN(C(=O)c3cccnc3)CC2)c2ccccc21. The van der Waals surface area contributed by atoms with E-state index in [0.29, 0.717) is 11.1 Å². The second-order valence-corrected chi connectivity index (χ2v) is 7.00. The van der Waals surface area contributed by atoms with Gasteiger partial charge in [0.2, 0.25) is 0 Å². The fraction of sp³-hybridized carbons (Fsp3) is 0.381. The quantitative estimate of drug-likeness (QED) is 0.721. The summed E-state index contributed by atoms with van der Waals surface area (Å²) in [6.45, 7) is 4.15. The van der Waals surface area contributed by atoms with Gasteiger partial charge in [0.15, 0.2) is 0 Å². The van der Waals surface area contributed by atoms with E-state index in [2.05, 4.69) is 9.88 Å². The van der Waals surface area contributed by atoms with Crippen molar-refractivity contribution in [2.45, 2.75) is 18.9 Å². The van der Waals surface area contributed by atoms with Crippen molar-refractivity contribution < 1.29 is 14.3 Å². The Morgan fingerprint density at radius 3 is 2.64 bits per heavy atom. The summed E-state index contributed by atoms with van der Waals surface area (Å²) in [5.74, 6) is -0.157. The van der Waals surface area contributed by atoms with E-state index in [0.717, 1.165) is 51.1 Å². The number of piperazine rings is 1. The molecule has 28 heavy (non-hydrogen) atoms. The molecule has 7 heteroatoms. The average molecular weight is 402 g/mol. The average Bonchev–Trinajstić information content (AvgIpc) is 3.05. The number of pyridine rings is 1. The summed E-state index contributed by atoms with van der Waals surface area (Å²) in [5.41, 5.74) is 2.35. The molecule has 1 saturated heterocycles. The molecule has 1 aromatic heterocycles. The Bertz CT molecular complexity index is 823. The molecule has 1 fully saturated rings. The molecule has 1 amide bonds. The van der Waals surface area contributed by atoms with Crippen LogP contribution in [0, 0.1) is 0 Å². The zero-order chi connectivity index (χ0) is 18.6. The number of benzene rings is 1. The van der Waals surface area contributed by atoms with E-state index < -0.39 is 0 Å². The summed E-state index contributed by atoms with van der Waals surface area (Å²) in [6.07, 6.45) is 4.96. The Morgan fingerprint density at radius 2 is 1.89 bits per heavy atom. The minimum absolute atomic E-state index is 0. The van der Waals surface area contributed by atoms with Crippen molar-refractivity contribution in [3.05, 3.63) is 65.5 Å². The number of esters is 1. The molecule has 0 spiro atoms. The molecule has 148 valence electrons. The summed E-state index contributed by atoms with van der Waals surface area (Å²) >= 11 is 0. The highest BCUT2D eigenvalue weighted by molar-refractivity contribution is 5.94. The standard InChI is InChI=1S/C21H23N3O3.ClH/c25-20(16-5-3-9-22-15-16)24-13-11-23(12-14-24)10-4-8-19-17-6-1-2-7-18(17)21(26)27-19;/h1-3,5-7,9,15,19H,4,8,10-14H2;1H. The van der Waals surface area contributed by atoms with Crippen molar-refractivity contribution in [1.82, 2.24) is 14.8 Å². The first kappa shape index (κ1) is 20.3. The van der Waals surface area contributed by atoms with Crippen LogP contribution in [0.3, 0.4) is 0 Å². The Kier molecular flexibility index (Phi) is 6.65. The van der Waals surface area contributed by atoms with Crippen LogP contribution in [-0.4, -0.2) is 59.4 Å². The van der Waals surface area contributed by atoms with E-state index in [1.807, 2.05) is 35.2 Å². The van der Waals surface area contributed by atoms with Crippen molar-refractivity contribution in [3.8, 4) is 0 Å². The predicted octanol–water partition coefficient (Wildman–Crippen LogP) is 2.95. The number of cyclic esters (lactones) is 1. The van der Waals surface area contributed by atoms with Crippen LogP contribution < -0.4 is 0 Å². The summed E-state index contributed by atoms with van der Waals surface area (Å²) in [4.78, 5) is 32.6. The number of fused-ring (bicyclic) bond motifs is 1. The van der Waals surface area contributed by atoms with Crippen LogP contribution in [0.15, 0.2) is 48.8 Å². The first-order valence-electron chi connectivity index (χ1n) is 9.44. The van der Waals surface area contributed by atoms with Crippen LogP contribution in [0.25, 0.3) is 0 Å². The third-order valence-corrected chi connectivity index (χ3v) is 5.29. The highest BCUT2D eigenvalue weighted by atomic mass is 35.5. The molecule has 0 N–H and O–H groups in total. The van der Waals surface area contributed by atoms with Gasteiger partial charge in [0.1, 0.15) is 6.10 Å². The predicted molar refractivity (Wildman–Crippen MR) is 108 cm³/mol. The van der Waals surface area contributed by atoms with E-state index in [1.165, 1.54) is 0 Å². The number of nitrogens with zero attached hydrogens (tertiary/aromatic N) is 3. The smallest absolute Gasteiger partial charge is 0.339 e. The largest absolute Gasteiger partial charge is 0.454 e. The lowest BCUT2D eigenvalue weighted by molar-refractivity contribution is 0.0353. The van der Waals surface area contributed by atoms with Gasteiger partial charge < -0.3 is 9.64 Å². The molecular formula is C21H24ClN3O3. The number of ether oxygens (including phenoxy) is 1. The van der Waals surface area contributed by atoms with Crippen LogP contribution in [-0.2, 0) is 4.74 Å². The van der Waals surface area contributed by atoms with Gasteiger partial charge in [-0.25, -0.2) is 4.79 Å². The highest BCUT2D eigenvalue weighted by Crippen LogP contribution is 2.33. The first-order chi connectivity index (χ1) is 13.2. The number of amides is 1. The number of carbonyl (C=O) groups excluding carboxylic acids is 2. The number of rotatable bonds is 5. The van der Waals surface area contributed by atoms with Crippen molar-refractivity contribution in [3.63, 3.8) is 0 Å². The molecule has 2 aromatic rings. The lowest BCUT2D eigenvalue weighted by Gasteiger charge is -2.34. The third kappa shape index (κ3) is 4.34. The van der Waals surface area contributed by atoms with Gasteiger partial charge in [0, 0.05) is 44.1 Å². The molecule has 0 radical (unpaired) electrons. The molecule has 1 unspecified atom stereocenters. The van der Waals surface area contributed by atoms with E-state index in [-0.39, 0.29) is 30.4 Å². The van der Waals surface area contributed by atoms with Gasteiger partial charge in [-0.1, -0.05) is 18.2 Å². The Labute approximate surface area is 170 Å². The van der Waals surface area contributed by atoms with Crippen LogP contribution in [0.4, 0.5) is 0 Å². The van der Waals surface area contributed by atoms with E-state index in [4.69, 9.17) is 4.74 Å². The maximum atomic E-state index is 12.5. The summed E-state index contributed by atoms with van der Waals surface area (Å²) in [7, 11) is 0. The van der Waals surface area contributed by atoms with Gasteiger partial charge in [-0.3, -0.25) is 14.7 Å². The monoisotopic (exact) mass is 401 g/mol. The Morgan fingerprint density at radius 1 is 1.11 bits per heavy atom. The van der Waals surface area contributed by atoms with Gasteiger partial charge in [-0.05, 0) is 37.6 Å². The zero-order valence-electron chi connectivity index (χ0n) is 15.6. The molecule has 2 aliphatic heterocycles. The lowest BCUT2D eigenvalue weighted by Crippen LogP contribution is -2.48. The minimum Gasteiger partial charge on any atom is -0.454 e. The van der Waals surface area contributed by atoms with Gasteiger partial charge in [0.05, 0.1) is 11.1 Å². The minimum atomic E-state index is -0.210. The molecule has 0 bridgehead atoms. The van der Waals surface area contributed by atoms with Crippen LogP contribution in [0.5, 0.6) is 0 Å². The molecule has 3 heterocycles. The van der Waals surface area contributed by atoms with Crippen LogP contribution >= 0.6 is 12.4 Å². The Balaban J connectivity index is 0.00000225. The van der Waals surface area contributed by atoms with Crippen LogP contribution in [0.2, 0.25) is 0 Å². The topological polar surface area (TPSA) is 62.7 Å². The van der Waals surface area contributed by atoms with Crippen molar-refractivity contribution in [2.75, 3.05) is 32.7 Å². The molecule has 0 saturated carbocycles. The second-order valence-electron chi connectivity index (χ2n) is 7.00. The number of halogens is 1. The number of carbonyl (C=O) groups is 2. The molecule has 2 aliphatic rings. The number of hydrogen-bond acceptors (Lipinski definition) is 5.